The van der Waals surface area contributed by atoms with Gasteiger partial charge in [-0.25, -0.2) is 0 Å². The monoisotopic (exact) mass is 240 g/mol. The van der Waals surface area contributed by atoms with Crippen LogP contribution in [0.2, 0.25) is 0 Å². The number of hydrogen-bond donors (Lipinski definition) is 3. The number of benzene rings is 1. The molecule has 4 nitrogen and oxygen atoms in total. The van der Waals surface area contributed by atoms with Gasteiger partial charge < -0.3 is 10.3 Å². The number of fused-ring (bicyclic) bond motifs is 1. The van der Waals surface area contributed by atoms with Crippen molar-refractivity contribution in [3.8, 4) is 11.1 Å². The highest BCUT2D eigenvalue weighted by Crippen LogP contribution is 2.32. The molecule has 0 saturated carbocycles. The number of H-pyrrole nitrogens is 2. The van der Waals surface area contributed by atoms with Gasteiger partial charge in [-0.3, -0.25) is 5.10 Å². The third-order valence-electron chi connectivity index (χ3n) is 3.22. The number of aryl methyl sites for hydroxylation is 1. The summed E-state index contributed by atoms with van der Waals surface area (Å²) in [6.07, 6.45) is 2.06. The minimum Gasteiger partial charge on any atom is -0.361 e. The van der Waals surface area contributed by atoms with Crippen LogP contribution in [-0.4, -0.2) is 22.2 Å². The van der Waals surface area contributed by atoms with Gasteiger partial charge in [-0.15, -0.1) is 0 Å². The molecule has 2 aromatic heterocycles. The molecule has 3 N–H and O–H groups in total. The molecule has 3 rings (SSSR count). The maximum Gasteiger partial charge on any atom is 0.0841 e. The first-order valence-corrected chi connectivity index (χ1v) is 6.06. The summed E-state index contributed by atoms with van der Waals surface area (Å²) in [5, 5.41) is 11.8. The molecule has 0 unspecified atom stereocenters. The molecule has 0 aliphatic carbocycles. The minimum atomic E-state index is 0.763. The molecule has 0 bridgehead atoms. The Balaban J connectivity index is 2.22. The number of nitrogens with zero attached hydrogens (tertiary/aromatic N) is 1. The van der Waals surface area contributed by atoms with Crippen LogP contribution in [-0.2, 0) is 6.54 Å². The van der Waals surface area contributed by atoms with Crippen molar-refractivity contribution in [1.29, 1.82) is 0 Å². The molecule has 0 radical (unpaired) electrons. The van der Waals surface area contributed by atoms with Gasteiger partial charge in [0.15, 0.2) is 0 Å². The van der Waals surface area contributed by atoms with E-state index in [0.29, 0.717) is 0 Å². The van der Waals surface area contributed by atoms with Crippen LogP contribution >= 0.6 is 0 Å². The molecule has 0 aliphatic heterocycles. The summed E-state index contributed by atoms with van der Waals surface area (Å²) in [7, 11) is 1.93. The fourth-order valence-corrected chi connectivity index (χ4v) is 2.41. The number of hydrogen-bond acceptors (Lipinski definition) is 2. The second-order valence-electron chi connectivity index (χ2n) is 4.45. The van der Waals surface area contributed by atoms with Crippen molar-refractivity contribution in [1.82, 2.24) is 20.5 Å². The zero-order valence-electron chi connectivity index (χ0n) is 10.5. The Labute approximate surface area is 105 Å². The molecule has 0 aliphatic rings. The Morgan fingerprint density at radius 1 is 1.28 bits per heavy atom. The molecule has 0 fully saturated rings. The van der Waals surface area contributed by atoms with Crippen LogP contribution in [0, 0.1) is 6.92 Å². The molecule has 0 saturated heterocycles. The van der Waals surface area contributed by atoms with Crippen LogP contribution in [0.25, 0.3) is 22.0 Å². The molecule has 0 atom stereocenters. The number of rotatable bonds is 3. The number of aromatic nitrogens is 3. The third-order valence-corrected chi connectivity index (χ3v) is 3.22. The lowest BCUT2D eigenvalue weighted by atomic mass is 10.0. The summed E-state index contributed by atoms with van der Waals surface area (Å²) in [5.74, 6) is 0. The van der Waals surface area contributed by atoms with Crippen LogP contribution in [0.15, 0.2) is 30.5 Å². The molecular weight excluding hydrogens is 224 g/mol. The summed E-state index contributed by atoms with van der Waals surface area (Å²) < 4.78 is 0. The van der Waals surface area contributed by atoms with E-state index in [4.69, 9.17) is 0 Å². The first kappa shape index (κ1) is 11.0. The van der Waals surface area contributed by atoms with E-state index in [1.165, 1.54) is 16.5 Å². The Morgan fingerprint density at radius 2 is 2.11 bits per heavy atom. The zero-order chi connectivity index (χ0) is 12.5. The fourth-order valence-electron chi connectivity index (χ4n) is 2.41. The second-order valence-corrected chi connectivity index (χ2v) is 4.45. The van der Waals surface area contributed by atoms with Crippen molar-refractivity contribution >= 4 is 10.9 Å². The largest absolute Gasteiger partial charge is 0.361 e. The van der Waals surface area contributed by atoms with Gasteiger partial charge in [0.1, 0.15) is 0 Å². The average Bonchev–Trinajstić information content (AvgIpc) is 2.94. The SMILES string of the molecule is CNCc1n[nH]c(C)c1-c1c[nH]c2ccccc12. The Morgan fingerprint density at radius 3 is 2.94 bits per heavy atom. The van der Waals surface area contributed by atoms with Crippen molar-refractivity contribution in [2.75, 3.05) is 7.05 Å². The van der Waals surface area contributed by atoms with Gasteiger partial charge in [0.2, 0.25) is 0 Å². The van der Waals surface area contributed by atoms with E-state index in [9.17, 15) is 0 Å². The Bertz CT molecular complexity index is 678. The third kappa shape index (κ3) is 1.62. The van der Waals surface area contributed by atoms with Crippen molar-refractivity contribution in [3.05, 3.63) is 41.9 Å². The molecule has 2 heterocycles. The van der Waals surface area contributed by atoms with Gasteiger partial charge in [0.05, 0.1) is 5.69 Å². The second kappa shape index (κ2) is 4.31. The summed E-state index contributed by atoms with van der Waals surface area (Å²) >= 11 is 0. The number of nitrogens with one attached hydrogen (secondary N) is 3. The smallest absolute Gasteiger partial charge is 0.0841 e. The van der Waals surface area contributed by atoms with Crippen LogP contribution < -0.4 is 5.32 Å². The van der Waals surface area contributed by atoms with Crippen LogP contribution in [0.1, 0.15) is 11.4 Å². The summed E-state index contributed by atoms with van der Waals surface area (Å²) in [6, 6.07) is 8.33. The van der Waals surface area contributed by atoms with Crippen LogP contribution in [0.5, 0.6) is 0 Å². The van der Waals surface area contributed by atoms with Crippen LogP contribution in [0.4, 0.5) is 0 Å². The topological polar surface area (TPSA) is 56.5 Å². The minimum absolute atomic E-state index is 0.763. The van der Waals surface area contributed by atoms with Gasteiger partial charge in [-0.2, -0.15) is 5.10 Å². The normalized spacial score (nSPS) is 11.2. The van der Waals surface area contributed by atoms with E-state index < -0.39 is 0 Å². The lowest BCUT2D eigenvalue weighted by Gasteiger charge is -2.02. The van der Waals surface area contributed by atoms with Crippen molar-refractivity contribution < 1.29 is 0 Å². The fraction of sp³-hybridized carbons (Fsp3) is 0.214. The number of aromatic amines is 2. The van der Waals surface area contributed by atoms with Gasteiger partial charge in [-0.1, -0.05) is 18.2 Å². The average molecular weight is 240 g/mol. The lowest BCUT2D eigenvalue weighted by Crippen LogP contribution is -2.06. The van der Waals surface area contributed by atoms with Gasteiger partial charge in [0, 0.05) is 40.5 Å². The van der Waals surface area contributed by atoms with Crippen LogP contribution in [0.3, 0.4) is 0 Å². The molecule has 1 aromatic carbocycles. The summed E-state index contributed by atoms with van der Waals surface area (Å²) in [6.45, 7) is 2.82. The van der Waals surface area contributed by atoms with Crippen molar-refractivity contribution in [2.24, 2.45) is 0 Å². The highest BCUT2D eigenvalue weighted by molar-refractivity contribution is 5.96. The Hall–Kier alpha value is -2.07. The summed E-state index contributed by atoms with van der Waals surface area (Å²) in [4.78, 5) is 3.31. The van der Waals surface area contributed by atoms with Gasteiger partial charge >= 0.3 is 0 Å². The maximum absolute atomic E-state index is 4.37. The van der Waals surface area contributed by atoms with E-state index in [2.05, 4.69) is 51.8 Å². The van der Waals surface area contributed by atoms with Gasteiger partial charge in [0.25, 0.3) is 0 Å². The molecule has 4 heteroatoms. The molecule has 3 aromatic rings. The summed E-state index contributed by atoms with van der Waals surface area (Å²) in [5.41, 5.74) is 5.72. The maximum atomic E-state index is 4.37. The predicted octanol–water partition coefficient (Wildman–Crippen LogP) is 2.59. The zero-order valence-corrected chi connectivity index (χ0v) is 10.5. The van der Waals surface area contributed by atoms with E-state index in [0.717, 1.165) is 23.4 Å². The first-order valence-electron chi connectivity index (χ1n) is 6.06. The molecular formula is C14H16N4. The van der Waals surface area contributed by atoms with Gasteiger partial charge in [-0.05, 0) is 20.0 Å². The molecule has 92 valence electrons. The van der Waals surface area contributed by atoms with E-state index in [-0.39, 0.29) is 0 Å². The first-order chi connectivity index (χ1) is 8.81. The van der Waals surface area contributed by atoms with E-state index in [1.54, 1.807) is 0 Å². The predicted molar refractivity (Wildman–Crippen MR) is 73.4 cm³/mol. The Kier molecular flexibility index (Phi) is 2.64. The molecule has 0 spiro atoms. The van der Waals surface area contributed by atoms with E-state index >= 15 is 0 Å². The highest BCUT2D eigenvalue weighted by atomic mass is 15.1. The highest BCUT2D eigenvalue weighted by Gasteiger charge is 2.15. The molecule has 18 heavy (non-hydrogen) atoms. The molecule has 0 amide bonds. The van der Waals surface area contributed by atoms with E-state index in [1.807, 2.05) is 13.1 Å². The quantitative estimate of drug-likeness (QED) is 0.659. The van der Waals surface area contributed by atoms with Crippen molar-refractivity contribution in [3.63, 3.8) is 0 Å². The standard InChI is InChI=1S/C14H16N4/c1-9-14(13(8-15-2)18-17-9)11-7-16-12-6-4-3-5-10(11)12/h3-7,15-16H,8H2,1-2H3,(H,17,18). The lowest BCUT2D eigenvalue weighted by molar-refractivity contribution is 0.785. The number of para-hydroxylation sites is 1. The van der Waals surface area contributed by atoms with Crippen molar-refractivity contribution in [2.45, 2.75) is 13.5 Å².